The number of ether oxygens (including phenoxy) is 1. The summed E-state index contributed by atoms with van der Waals surface area (Å²) in [7, 11) is 0. The number of hydrogen-bond acceptors (Lipinski definition) is 5. The van der Waals surface area contributed by atoms with Gasteiger partial charge >= 0.3 is 0 Å². The maximum atomic E-state index is 12.7. The van der Waals surface area contributed by atoms with Crippen molar-refractivity contribution >= 4 is 40.7 Å². The van der Waals surface area contributed by atoms with Crippen molar-refractivity contribution in [2.45, 2.75) is 39.2 Å². The van der Waals surface area contributed by atoms with Crippen LogP contribution in [-0.4, -0.2) is 51.9 Å². The molecule has 0 aromatic heterocycles. The minimum absolute atomic E-state index is 0.0353. The number of amides is 3. The molecular formula is C19H24N4O4S. The highest BCUT2D eigenvalue weighted by atomic mass is 32.1. The summed E-state index contributed by atoms with van der Waals surface area (Å²) in [6, 6.07) is 6.13. The van der Waals surface area contributed by atoms with Crippen molar-refractivity contribution in [3.05, 3.63) is 24.3 Å². The monoisotopic (exact) mass is 404 g/mol. The second-order valence-electron chi connectivity index (χ2n) is 6.71. The third-order valence-corrected chi connectivity index (χ3v) is 5.04. The number of carbonyl (C=O) groups is 3. The summed E-state index contributed by atoms with van der Waals surface area (Å²) in [5, 5.41) is 4.35. The highest BCUT2D eigenvalue weighted by Crippen LogP contribution is 2.30. The van der Waals surface area contributed by atoms with E-state index in [9.17, 15) is 14.4 Å². The predicted molar refractivity (Wildman–Crippen MR) is 107 cm³/mol. The molecule has 3 rings (SSSR count). The topological polar surface area (TPSA) is 91.0 Å². The van der Waals surface area contributed by atoms with Crippen molar-refractivity contribution in [2.24, 2.45) is 5.92 Å². The van der Waals surface area contributed by atoms with Crippen molar-refractivity contribution in [3.63, 3.8) is 0 Å². The number of anilines is 1. The first-order chi connectivity index (χ1) is 13.4. The number of carbonyl (C=O) groups excluding carboxylic acids is 3. The number of rotatable bonds is 8. The Morgan fingerprint density at radius 3 is 2.46 bits per heavy atom. The van der Waals surface area contributed by atoms with Crippen molar-refractivity contribution < 1.29 is 19.1 Å². The van der Waals surface area contributed by atoms with Gasteiger partial charge in [0.2, 0.25) is 11.8 Å². The molecule has 1 saturated heterocycles. The van der Waals surface area contributed by atoms with Crippen LogP contribution in [0.15, 0.2) is 24.3 Å². The molecule has 8 nitrogen and oxygen atoms in total. The molecular weight excluding hydrogens is 380 g/mol. The summed E-state index contributed by atoms with van der Waals surface area (Å²) in [5.41, 5.74) is 3.32. The normalized spacial score (nSPS) is 19.0. The molecule has 2 N–H and O–H groups in total. The minimum atomic E-state index is -0.849. The Kier molecular flexibility index (Phi) is 6.13. The van der Waals surface area contributed by atoms with Crippen molar-refractivity contribution in [2.75, 3.05) is 18.5 Å². The van der Waals surface area contributed by atoms with Crippen LogP contribution >= 0.6 is 12.2 Å². The van der Waals surface area contributed by atoms with Gasteiger partial charge in [-0.1, -0.05) is 0 Å². The molecule has 1 unspecified atom stereocenters. The fraction of sp³-hybridized carbons (Fsp3) is 0.474. The second kappa shape index (κ2) is 8.55. The highest BCUT2D eigenvalue weighted by Gasteiger charge is 2.45. The molecule has 1 aromatic rings. The SMILES string of the molecule is CCOc1ccc(NC(=O)CC2C(=O)N(CC)C(=S)N2NC(=O)C2CC2)cc1. The summed E-state index contributed by atoms with van der Waals surface area (Å²) in [5.74, 6) is -0.110. The Hall–Kier alpha value is -2.68. The number of benzene rings is 1. The molecule has 1 atom stereocenters. The van der Waals surface area contributed by atoms with E-state index in [2.05, 4.69) is 10.7 Å². The predicted octanol–water partition coefficient (Wildman–Crippen LogP) is 1.67. The summed E-state index contributed by atoms with van der Waals surface area (Å²) in [6.07, 6.45) is 1.55. The quantitative estimate of drug-likeness (QED) is 0.641. The lowest BCUT2D eigenvalue weighted by Crippen LogP contribution is -2.50. The Morgan fingerprint density at radius 2 is 1.89 bits per heavy atom. The van der Waals surface area contributed by atoms with E-state index in [1.54, 1.807) is 31.2 Å². The Morgan fingerprint density at radius 1 is 1.21 bits per heavy atom. The maximum Gasteiger partial charge on any atom is 0.254 e. The third kappa shape index (κ3) is 4.41. The molecule has 3 amide bonds. The molecule has 1 aliphatic heterocycles. The van der Waals surface area contributed by atoms with E-state index in [1.807, 2.05) is 6.92 Å². The average molecular weight is 404 g/mol. The van der Waals surface area contributed by atoms with Gasteiger partial charge in [0.05, 0.1) is 13.0 Å². The van der Waals surface area contributed by atoms with E-state index in [4.69, 9.17) is 17.0 Å². The van der Waals surface area contributed by atoms with E-state index in [0.717, 1.165) is 12.8 Å². The largest absolute Gasteiger partial charge is 0.494 e. The maximum absolute atomic E-state index is 12.7. The number of likely N-dealkylation sites (N-methyl/N-ethyl adjacent to an activating group) is 1. The molecule has 1 heterocycles. The van der Waals surface area contributed by atoms with Crippen LogP contribution in [0.2, 0.25) is 0 Å². The Labute approximate surface area is 169 Å². The van der Waals surface area contributed by atoms with Crippen LogP contribution in [0, 0.1) is 5.92 Å². The van der Waals surface area contributed by atoms with Crippen molar-refractivity contribution in [3.8, 4) is 5.75 Å². The average Bonchev–Trinajstić information content (AvgIpc) is 3.49. The van der Waals surface area contributed by atoms with Crippen LogP contribution in [-0.2, 0) is 14.4 Å². The van der Waals surface area contributed by atoms with Gasteiger partial charge in [-0.05, 0) is 63.2 Å². The van der Waals surface area contributed by atoms with Crippen LogP contribution in [0.4, 0.5) is 5.69 Å². The zero-order chi connectivity index (χ0) is 20.3. The van der Waals surface area contributed by atoms with Gasteiger partial charge in [-0.2, -0.15) is 0 Å². The van der Waals surface area contributed by atoms with Gasteiger partial charge in [0.25, 0.3) is 5.91 Å². The van der Waals surface area contributed by atoms with Gasteiger partial charge < -0.3 is 10.1 Å². The molecule has 0 bridgehead atoms. The van der Waals surface area contributed by atoms with E-state index < -0.39 is 6.04 Å². The summed E-state index contributed by atoms with van der Waals surface area (Å²) in [6.45, 7) is 4.63. The van der Waals surface area contributed by atoms with E-state index in [0.29, 0.717) is 24.6 Å². The number of thiocarbonyl (C=S) groups is 1. The van der Waals surface area contributed by atoms with Gasteiger partial charge in [0.15, 0.2) is 5.11 Å². The van der Waals surface area contributed by atoms with Gasteiger partial charge in [0, 0.05) is 18.2 Å². The number of hydrogen-bond donors (Lipinski definition) is 2. The lowest BCUT2D eigenvalue weighted by Gasteiger charge is -2.24. The standard InChI is InChI=1S/C19H24N4O4S/c1-3-22-18(26)15(23(19(22)28)21-17(25)12-5-6-12)11-16(24)20-13-7-9-14(10-8-13)27-4-2/h7-10,12,15H,3-6,11H2,1-2H3,(H,20,24)(H,21,25). The first kappa shape index (κ1) is 20.1. The molecule has 28 heavy (non-hydrogen) atoms. The molecule has 150 valence electrons. The Balaban J connectivity index is 1.66. The first-order valence-electron chi connectivity index (χ1n) is 9.42. The van der Waals surface area contributed by atoms with Crippen molar-refractivity contribution in [1.29, 1.82) is 0 Å². The first-order valence-corrected chi connectivity index (χ1v) is 9.83. The zero-order valence-electron chi connectivity index (χ0n) is 15.9. The summed E-state index contributed by atoms with van der Waals surface area (Å²) >= 11 is 5.33. The summed E-state index contributed by atoms with van der Waals surface area (Å²) in [4.78, 5) is 38.7. The van der Waals surface area contributed by atoms with Crippen LogP contribution < -0.4 is 15.5 Å². The van der Waals surface area contributed by atoms with Crippen LogP contribution in [0.5, 0.6) is 5.75 Å². The molecule has 1 saturated carbocycles. The van der Waals surface area contributed by atoms with Crippen LogP contribution in [0.1, 0.15) is 33.1 Å². The molecule has 9 heteroatoms. The molecule has 2 aliphatic rings. The van der Waals surface area contributed by atoms with E-state index >= 15 is 0 Å². The van der Waals surface area contributed by atoms with Gasteiger partial charge in [-0.25, -0.2) is 5.01 Å². The number of nitrogens with one attached hydrogen (secondary N) is 2. The molecule has 2 fully saturated rings. The second-order valence-corrected chi connectivity index (χ2v) is 7.08. The van der Waals surface area contributed by atoms with Crippen molar-refractivity contribution in [1.82, 2.24) is 15.3 Å². The van der Waals surface area contributed by atoms with Gasteiger partial charge in [-0.3, -0.25) is 24.7 Å². The lowest BCUT2D eigenvalue weighted by molar-refractivity contribution is -0.133. The fourth-order valence-electron chi connectivity index (χ4n) is 2.99. The highest BCUT2D eigenvalue weighted by molar-refractivity contribution is 7.80. The van der Waals surface area contributed by atoms with Gasteiger partial charge in [0.1, 0.15) is 11.8 Å². The molecule has 0 radical (unpaired) electrons. The Bertz CT molecular complexity index is 779. The van der Waals surface area contributed by atoms with Gasteiger partial charge in [-0.15, -0.1) is 0 Å². The van der Waals surface area contributed by atoms with Crippen LogP contribution in [0.3, 0.4) is 0 Å². The molecule has 0 spiro atoms. The number of hydrazine groups is 1. The lowest BCUT2D eigenvalue weighted by atomic mass is 10.2. The van der Waals surface area contributed by atoms with E-state index in [1.165, 1.54) is 9.91 Å². The third-order valence-electron chi connectivity index (χ3n) is 4.62. The zero-order valence-corrected chi connectivity index (χ0v) is 16.8. The molecule has 1 aliphatic carbocycles. The fourth-order valence-corrected chi connectivity index (χ4v) is 3.38. The minimum Gasteiger partial charge on any atom is -0.494 e. The van der Waals surface area contributed by atoms with Crippen LogP contribution in [0.25, 0.3) is 0 Å². The number of nitrogens with zero attached hydrogens (tertiary/aromatic N) is 2. The smallest absolute Gasteiger partial charge is 0.254 e. The van der Waals surface area contributed by atoms with E-state index in [-0.39, 0.29) is 35.2 Å². The molecule has 1 aromatic carbocycles. The summed E-state index contributed by atoms with van der Waals surface area (Å²) < 4.78 is 5.37.